The third kappa shape index (κ3) is 25.6. The van der Waals surface area contributed by atoms with E-state index in [1.807, 2.05) is 0 Å². The van der Waals surface area contributed by atoms with Crippen molar-refractivity contribution < 1.29 is 19.0 Å². The Hall–Kier alpha value is -0.650. The molecule has 0 aromatic carbocycles. The smallest absolute Gasteiger partial charge is 0.308 e. The molecule has 0 aliphatic heterocycles. The molecule has 0 aliphatic rings. The first-order valence-corrected chi connectivity index (χ1v) is 16.7. The van der Waals surface area contributed by atoms with Gasteiger partial charge in [0.15, 0.2) is 0 Å². The Morgan fingerprint density at radius 1 is 0.605 bits per heavy atom. The minimum atomic E-state index is 0.0617. The number of nitrogens with one attached hydrogen (secondary N) is 1. The van der Waals surface area contributed by atoms with Crippen molar-refractivity contribution in [1.82, 2.24) is 5.32 Å². The fraction of sp³-hybridized carbons (Fsp3) is 0.970. The van der Waals surface area contributed by atoms with Crippen LogP contribution in [-0.4, -0.2) is 45.7 Å². The maximum atomic E-state index is 12.6. The lowest BCUT2D eigenvalue weighted by atomic mass is 9.95. The van der Waals surface area contributed by atoms with Crippen LogP contribution in [-0.2, 0) is 19.0 Å². The van der Waals surface area contributed by atoms with Gasteiger partial charge in [0.05, 0.1) is 19.1 Å². The molecule has 0 saturated carbocycles. The van der Waals surface area contributed by atoms with Crippen molar-refractivity contribution in [2.24, 2.45) is 11.8 Å². The second-order valence-corrected chi connectivity index (χ2v) is 11.2. The lowest BCUT2D eigenvalue weighted by Gasteiger charge is -2.16. The van der Waals surface area contributed by atoms with E-state index in [1.54, 1.807) is 0 Å². The van der Waals surface area contributed by atoms with Gasteiger partial charge in [0.1, 0.15) is 6.79 Å². The first-order valence-electron chi connectivity index (χ1n) is 16.7. The van der Waals surface area contributed by atoms with Crippen molar-refractivity contribution in [2.75, 3.05) is 39.7 Å². The Balaban J connectivity index is 3.49. The van der Waals surface area contributed by atoms with E-state index in [0.717, 1.165) is 71.2 Å². The topological polar surface area (TPSA) is 56.8 Å². The van der Waals surface area contributed by atoms with E-state index in [9.17, 15) is 4.79 Å². The molecule has 0 aliphatic carbocycles. The van der Waals surface area contributed by atoms with Crippen molar-refractivity contribution in [3.05, 3.63) is 0 Å². The zero-order valence-electron chi connectivity index (χ0n) is 26.2. The van der Waals surface area contributed by atoms with Crippen LogP contribution < -0.4 is 5.32 Å². The van der Waals surface area contributed by atoms with Gasteiger partial charge in [-0.3, -0.25) is 4.79 Å². The zero-order valence-corrected chi connectivity index (χ0v) is 26.2. The van der Waals surface area contributed by atoms with Gasteiger partial charge >= 0.3 is 5.97 Å². The summed E-state index contributed by atoms with van der Waals surface area (Å²) >= 11 is 0. The number of hydrogen-bond donors (Lipinski definition) is 1. The number of carbonyl (C=O) groups is 1. The highest BCUT2D eigenvalue weighted by Gasteiger charge is 2.19. The maximum absolute atomic E-state index is 12.6. The van der Waals surface area contributed by atoms with Crippen molar-refractivity contribution in [1.29, 1.82) is 0 Å². The number of carbonyl (C=O) groups excluding carboxylic acids is 1. The summed E-state index contributed by atoms with van der Waals surface area (Å²) in [6.45, 7) is 13.8. The van der Waals surface area contributed by atoms with E-state index in [0.29, 0.717) is 19.3 Å². The first kappa shape index (κ1) is 37.4. The molecular formula is C33H67NO4. The monoisotopic (exact) mass is 542 g/mol. The fourth-order valence-electron chi connectivity index (χ4n) is 4.91. The molecule has 0 aromatic rings. The fourth-order valence-corrected chi connectivity index (χ4v) is 4.91. The number of rotatable bonds is 31. The number of esters is 1. The molecule has 5 nitrogen and oxygen atoms in total. The summed E-state index contributed by atoms with van der Waals surface area (Å²) in [5.74, 6) is 0.869. The van der Waals surface area contributed by atoms with E-state index < -0.39 is 0 Å². The summed E-state index contributed by atoms with van der Waals surface area (Å²) in [4.78, 5) is 12.6. The molecule has 0 spiro atoms. The van der Waals surface area contributed by atoms with Gasteiger partial charge in [0, 0.05) is 6.61 Å². The predicted molar refractivity (Wildman–Crippen MR) is 163 cm³/mol. The summed E-state index contributed by atoms with van der Waals surface area (Å²) in [6.07, 6.45) is 23.6. The Morgan fingerprint density at radius 2 is 1.18 bits per heavy atom. The highest BCUT2D eigenvalue weighted by atomic mass is 16.7. The maximum Gasteiger partial charge on any atom is 0.308 e. The van der Waals surface area contributed by atoms with E-state index in [4.69, 9.17) is 14.2 Å². The summed E-state index contributed by atoms with van der Waals surface area (Å²) in [5, 5.41) is 3.57. The number of hydrogen-bond acceptors (Lipinski definition) is 5. The molecule has 228 valence electrons. The molecule has 2 unspecified atom stereocenters. The normalized spacial score (nSPS) is 13.1. The zero-order chi connectivity index (χ0) is 27.9. The van der Waals surface area contributed by atoms with Gasteiger partial charge in [-0.25, -0.2) is 0 Å². The van der Waals surface area contributed by atoms with E-state index >= 15 is 0 Å². The largest absolute Gasteiger partial charge is 0.465 e. The highest BCUT2D eigenvalue weighted by Crippen LogP contribution is 2.20. The molecule has 1 N–H and O–H groups in total. The molecule has 0 rings (SSSR count). The molecule has 0 saturated heterocycles. The Bertz CT molecular complexity index is 474. The Morgan fingerprint density at radius 3 is 1.82 bits per heavy atom. The van der Waals surface area contributed by atoms with Crippen LogP contribution in [0.5, 0.6) is 0 Å². The summed E-state index contributed by atoms with van der Waals surface area (Å²) in [5.41, 5.74) is 0. The number of ether oxygens (including phenoxy) is 3. The summed E-state index contributed by atoms with van der Waals surface area (Å²) in [6, 6.07) is 0. The van der Waals surface area contributed by atoms with Crippen LogP contribution >= 0.6 is 0 Å². The highest BCUT2D eigenvalue weighted by molar-refractivity contribution is 5.72. The summed E-state index contributed by atoms with van der Waals surface area (Å²) in [7, 11) is 0. The van der Waals surface area contributed by atoms with Crippen LogP contribution in [0.15, 0.2) is 0 Å². The van der Waals surface area contributed by atoms with Crippen molar-refractivity contribution in [3.63, 3.8) is 0 Å². The molecule has 0 heterocycles. The van der Waals surface area contributed by atoms with E-state index in [1.165, 1.54) is 83.5 Å². The second kappa shape index (κ2) is 30.9. The van der Waals surface area contributed by atoms with Gasteiger partial charge < -0.3 is 19.5 Å². The van der Waals surface area contributed by atoms with Gasteiger partial charge in [-0.05, 0) is 64.0 Å². The van der Waals surface area contributed by atoms with Crippen LogP contribution in [0.3, 0.4) is 0 Å². The Kier molecular flexibility index (Phi) is 30.4. The molecule has 0 amide bonds. The Labute approximate surface area is 237 Å². The van der Waals surface area contributed by atoms with Crippen molar-refractivity contribution >= 4 is 5.97 Å². The van der Waals surface area contributed by atoms with E-state index in [2.05, 4.69) is 33.0 Å². The first-order chi connectivity index (χ1) is 18.7. The summed E-state index contributed by atoms with van der Waals surface area (Å²) < 4.78 is 16.9. The number of unbranched alkanes of at least 4 members (excludes halogenated alkanes) is 11. The van der Waals surface area contributed by atoms with Crippen LogP contribution in [0.25, 0.3) is 0 Å². The van der Waals surface area contributed by atoms with Crippen LogP contribution in [0.1, 0.15) is 156 Å². The lowest BCUT2D eigenvalue weighted by molar-refractivity contribution is -0.149. The van der Waals surface area contributed by atoms with Gasteiger partial charge in [-0.1, -0.05) is 111 Å². The predicted octanol–water partition coefficient (Wildman–Crippen LogP) is 9.22. The molecule has 0 bridgehead atoms. The van der Waals surface area contributed by atoms with Gasteiger partial charge in [-0.15, -0.1) is 0 Å². The van der Waals surface area contributed by atoms with Crippen LogP contribution in [0.4, 0.5) is 0 Å². The molecule has 0 fully saturated rings. The van der Waals surface area contributed by atoms with Crippen LogP contribution in [0, 0.1) is 11.8 Å². The van der Waals surface area contributed by atoms with Gasteiger partial charge in [-0.2, -0.15) is 0 Å². The van der Waals surface area contributed by atoms with Gasteiger partial charge in [0.25, 0.3) is 0 Å². The lowest BCUT2D eigenvalue weighted by Crippen LogP contribution is -2.19. The SMILES string of the molecule is CCCCCCC(CCCCC)C(=O)OCCCCCCNCCCCCCOCOCC(CC)CCC. The molecule has 5 heteroatoms. The van der Waals surface area contributed by atoms with Gasteiger partial charge in [0.2, 0.25) is 0 Å². The molecule has 38 heavy (non-hydrogen) atoms. The minimum absolute atomic E-state index is 0.0617. The average Bonchev–Trinajstić information content (AvgIpc) is 2.92. The third-order valence-electron chi connectivity index (χ3n) is 7.57. The van der Waals surface area contributed by atoms with E-state index in [-0.39, 0.29) is 11.9 Å². The molecule has 2 atom stereocenters. The molecular weight excluding hydrogens is 474 g/mol. The van der Waals surface area contributed by atoms with Crippen LogP contribution in [0.2, 0.25) is 0 Å². The third-order valence-corrected chi connectivity index (χ3v) is 7.57. The standard InChI is InChI=1S/C33H67NO4/c1-5-9-11-17-24-32(23-16-10-6-2)33(35)38-28-21-15-13-19-26-34-25-18-12-14-20-27-36-30-37-29-31(8-4)22-7-3/h31-32,34H,5-30H2,1-4H3. The van der Waals surface area contributed by atoms with Crippen molar-refractivity contribution in [3.8, 4) is 0 Å². The minimum Gasteiger partial charge on any atom is -0.465 e. The quantitative estimate of drug-likeness (QED) is 0.0538. The molecule has 0 radical (unpaired) electrons. The molecule has 0 aromatic heterocycles. The average molecular weight is 542 g/mol. The second-order valence-electron chi connectivity index (χ2n) is 11.2. The van der Waals surface area contributed by atoms with Crippen molar-refractivity contribution in [2.45, 2.75) is 156 Å².